The minimum absolute atomic E-state index is 0.0290. The van der Waals surface area contributed by atoms with Crippen molar-refractivity contribution in [3.05, 3.63) is 39.0 Å². The van der Waals surface area contributed by atoms with Crippen LogP contribution in [0.5, 0.6) is 11.5 Å². The summed E-state index contributed by atoms with van der Waals surface area (Å²) in [6.45, 7) is 6.32. The van der Waals surface area contributed by atoms with Gasteiger partial charge in [-0.3, -0.25) is 24.1 Å². The van der Waals surface area contributed by atoms with Gasteiger partial charge >= 0.3 is 17.9 Å². The Hall–Kier alpha value is -5.17. The number of hydrogen-bond acceptors (Lipinski definition) is 18. The number of β-lactam (4-membered cyclic amide) rings is 1. The first-order chi connectivity index (χ1) is 25.7. The number of anilines is 1. The number of aliphatic carboxylic acids is 3. The van der Waals surface area contributed by atoms with Crippen molar-refractivity contribution in [2.24, 2.45) is 5.16 Å². The molecule has 0 radical (unpaired) electrons. The zero-order valence-electron chi connectivity index (χ0n) is 29.0. The number of benzene rings is 1. The second-order valence-electron chi connectivity index (χ2n) is 12.9. The molecule has 2 aromatic heterocycles. The summed E-state index contributed by atoms with van der Waals surface area (Å²) in [5, 5.41) is 67.4. The fraction of sp³-hybridized carbons (Fsp3) is 0.400. The molecule has 1 saturated heterocycles. The first-order valence-electron chi connectivity index (χ1n) is 15.7. The number of fused-ring (bicyclic) bond motifs is 1. The van der Waals surface area contributed by atoms with Crippen molar-refractivity contribution < 1.29 is 59.1 Å². The number of phenolic OH excluding ortho intramolecular Hbond substituents is 2. The average molecular weight is 842 g/mol. The quantitative estimate of drug-likeness (QED) is 0.0286. The van der Waals surface area contributed by atoms with Crippen LogP contribution in [0.15, 0.2) is 33.0 Å². The molecule has 1 fully saturated rings. The van der Waals surface area contributed by atoms with Gasteiger partial charge in [0.1, 0.15) is 29.2 Å². The van der Waals surface area contributed by atoms with Crippen LogP contribution in [0.1, 0.15) is 45.4 Å². The lowest BCUT2D eigenvalue weighted by Gasteiger charge is -2.49. The van der Waals surface area contributed by atoms with Crippen LogP contribution in [0.2, 0.25) is 5.02 Å². The van der Waals surface area contributed by atoms with Crippen LogP contribution in [-0.4, -0.2) is 125 Å². The number of nitrogens with one attached hydrogen (secondary N) is 1. The molecule has 2 aliphatic heterocycles. The molecule has 0 aliphatic carbocycles. The molecule has 8 N–H and O–H groups in total. The smallest absolute Gasteiger partial charge is 0.352 e. The zero-order valence-corrected chi connectivity index (χ0v) is 32.2. The van der Waals surface area contributed by atoms with Crippen LogP contribution in [0.4, 0.5) is 5.13 Å². The van der Waals surface area contributed by atoms with Gasteiger partial charge in [-0.25, -0.2) is 9.78 Å². The molecule has 4 heterocycles. The van der Waals surface area contributed by atoms with E-state index in [0.29, 0.717) is 0 Å². The number of ether oxygens (including phenoxy) is 1. The normalized spacial score (nSPS) is 18.3. The van der Waals surface area contributed by atoms with Crippen LogP contribution >= 0.6 is 46.5 Å². The van der Waals surface area contributed by atoms with E-state index < -0.39 is 87.6 Å². The number of hydrogen-bond donors (Lipinski definition) is 7. The van der Waals surface area contributed by atoms with Gasteiger partial charge in [0.2, 0.25) is 10.9 Å². The number of thioether (sulfide) groups is 2. The van der Waals surface area contributed by atoms with Gasteiger partial charge in [-0.2, -0.15) is 4.68 Å². The summed E-state index contributed by atoms with van der Waals surface area (Å²) < 4.78 is 6.85. The standard InChI is InChI=1S/C30H32ClN9O12S3/c1-29(2,3)51-30(4,7-17(44)45)52-36-19(13-10-54-27(32)33-13)23(47)34-20-24(48)39-21(26(49)50)11(8-53-25(20)39)9-55-28-35-37-38-40(28)14-6-15(41)22(46)18(31)12(14)5-16(42)43/h6,10,20,25,41,46H,5,7-9H2,1-4H3,(H2,32,33)(H,34,47)(H,42,43)(H,44,45)(H,49,50)/b36-19+/t20?,25-,30?/m1/s1. The lowest BCUT2D eigenvalue weighted by atomic mass is 10.0. The largest absolute Gasteiger partial charge is 0.504 e. The number of nitrogens with two attached hydrogens (primary N) is 1. The molecule has 55 heavy (non-hydrogen) atoms. The number of oxime groups is 1. The molecule has 2 unspecified atom stereocenters. The van der Waals surface area contributed by atoms with Crippen molar-refractivity contribution >= 4 is 87.0 Å². The van der Waals surface area contributed by atoms with E-state index in [-0.39, 0.29) is 50.0 Å². The van der Waals surface area contributed by atoms with Crippen molar-refractivity contribution in [2.75, 3.05) is 17.2 Å². The van der Waals surface area contributed by atoms with Crippen molar-refractivity contribution in [1.29, 1.82) is 0 Å². The van der Waals surface area contributed by atoms with E-state index in [1.165, 1.54) is 12.3 Å². The molecule has 0 spiro atoms. The summed E-state index contributed by atoms with van der Waals surface area (Å²) in [5.41, 5.74) is 4.19. The van der Waals surface area contributed by atoms with Gasteiger partial charge in [-0.1, -0.05) is 28.5 Å². The number of phenols is 2. The first kappa shape index (κ1) is 41.0. The first-order valence-corrected chi connectivity index (χ1v) is 19.0. The maximum Gasteiger partial charge on any atom is 0.352 e. The third-order valence-electron chi connectivity index (χ3n) is 7.51. The SMILES string of the molecule is CC(C)(C)OC(C)(CC(=O)O)O/N=C(/C(=O)NC1C(=O)N2C(C(=O)O)=C(CSc3nnnn3-c3cc(O)c(O)c(Cl)c3CC(=O)O)CS[C@H]12)c1csc(N)n1. The third kappa shape index (κ3) is 9.04. The van der Waals surface area contributed by atoms with Gasteiger partial charge < -0.3 is 46.2 Å². The van der Waals surface area contributed by atoms with E-state index >= 15 is 0 Å². The molecule has 21 nitrogen and oxygen atoms in total. The van der Waals surface area contributed by atoms with Crippen molar-refractivity contribution in [1.82, 2.24) is 35.4 Å². The third-order valence-corrected chi connectivity index (χ3v) is 10.9. The molecular weight excluding hydrogens is 810 g/mol. The van der Waals surface area contributed by atoms with E-state index in [1.807, 2.05) is 0 Å². The number of rotatable bonds is 15. The number of carbonyl (C=O) groups excluding carboxylic acids is 2. The summed E-state index contributed by atoms with van der Waals surface area (Å²) in [4.78, 5) is 73.5. The lowest BCUT2D eigenvalue weighted by molar-refractivity contribution is -0.271. The number of carboxylic acids is 3. The second kappa shape index (κ2) is 15.9. The van der Waals surface area contributed by atoms with Gasteiger partial charge in [0.05, 0.1) is 22.7 Å². The van der Waals surface area contributed by atoms with Crippen molar-refractivity contribution in [2.45, 2.75) is 68.5 Å². The maximum absolute atomic E-state index is 13.6. The number of thiazole rings is 1. The fourth-order valence-electron chi connectivity index (χ4n) is 5.49. The molecule has 0 bridgehead atoms. The molecule has 5 rings (SSSR count). The van der Waals surface area contributed by atoms with Crippen LogP contribution in [0.25, 0.3) is 5.69 Å². The van der Waals surface area contributed by atoms with Crippen LogP contribution in [-0.2, 0) is 40.0 Å². The minimum Gasteiger partial charge on any atom is -0.504 e. The Labute approximate surface area is 327 Å². The Morgan fingerprint density at radius 2 is 1.87 bits per heavy atom. The highest BCUT2D eigenvalue weighted by atomic mass is 35.5. The van der Waals surface area contributed by atoms with Crippen molar-refractivity contribution in [3.63, 3.8) is 0 Å². The Balaban J connectivity index is 1.36. The maximum atomic E-state index is 13.6. The van der Waals surface area contributed by atoms with Gasteiger partial charge in [0, 0.05) is 35.4 Å². The molecule has 3 atom stereocenters. The van der Waals surface area contributed by atoms with Gasteiger partial charge in [0.15, 0.2) is 22.3 Å². The molecule has 2 amide bonds. The summed E-state index contributed by atoms with van der Waals surface area (Å²) in [5.74, 6) is -8.94. The number of tetrazole rings is 1. The van der Waals surface area contributed by atoms with Crippen LogP contribution < -0.4 is 11.1 Å². The van der Waals surface area contributed by atoms with Gasteiger partial charge in [-0.05, 0) is 36.8 Å². The molecule has 25 heteroatoms. The van der Waals surface area contributed by atoms with E-state index in [2.05, 4.69) is 31.0 Å². The number of nitrogen functional groups attached to an aromatic ring is 1. The highest BCUT2D eigenvalue weighted by Crippen LogP contribution is 2.43. The van der Waals surface area contributed by atoms with Gasteiger partial charge in [0.25, 0.3) is 11.8 Å². The molecule has 1 aromatic carbocycles. The number of nitrogens with zero attached hydrogens (tertiary/aromatic N) is 7. The highest BCUT2D eigenvalue weighted by Gasteiger charge is 2.54. The Kier molecular flexibility index (Phi) is 11.9. The van der Waals surface area contributed by atoms with Crippen molar-refractivity contribution in [3.8, 4) is 17.2 Å². The monoisotopic (exact) mass is 841 g/mol. The number of aromatic hydroxyl groups is 2. The summed E-state index contributed by atoms with van der Waals surface area (Å²) in [6.07, 6.45) is -1.32. The van der Waals surface area contributed by atoms with E-state index in [1.54, 1.807) is 20.8 Å². The fourth-order valence-corrected chi connectivity index (χ4v) is 8.67. The van der Waals surface area contributed by atoms with Crippen LogP contribution in [0.3, 0.4) is 0 Å². The molecule has 2 aliphatic rings. The number of aromatic nitrogens is 5. The summed E-state index contributed by atoms with van der Waals surface area (Å²) in [6, 6.07) is -0.193. The number of halogens is 1. The van der Waals surface area contributed by atoms with E-state index in [4.69, 9.17) is 26.9 Å². The van der Waals surface area contributed by atoms with Crippen LogP contribution in [0, 0.1) is 0 Å². The Morgan fingerprint density at radius 1 is 1.16 bits per heavy atom. The highest BCUT2D eigenvalue weighted by molar-refractivity contribution is 8.01. The topological polar surface area (TPSA) is 315 Å². The predicted octanol–water partition coefficient (Wildman–Crippen LogP) is 1.65. The molecule has 0 saturated carbocycles. The number of carboxylic acid groups (broad SMARTS) is 3. The zero-order chi connectivity index (χ0) is 40.6. The molecule has 294 valence electrons. The minimum atomic E-state index is -1.84. The number of carbonyl (C=O) groups is 5. The molecule has 3 aromatic rings. The second-order valence-corrected chi connectivity index (χ2v) is 16.2. The average Bonchev–Trinajstić information content (AvgIpc) is 3.73. The number of amides is 2. The Bertz CT molecular complexity index is 2140. The van der Waals surface area contributed by atoms with E-state index in [0.717, 1.165) is 50.5 Å². The summed E-state index contributed by atoms with van der Waals surface area (Å²) in [7, 11) is 0. The molecular formula is C30H32ClN9O12S3. The lowest BCUT2D eigenvalue weighted by Crippen LogP contribution is -2.71. The summed E-state index contributed by atoms with van der Waals surface area (Å²) >= 11 is 9.21. The van der Waals surface area contributed by atoms with E-state index in [9.17, 15) is 49.5 Å². The Morgan fingerprint density at radius 3 is 2.47 bits per heavy atom. The van der Waals surface area contributed by atoms with Gasteiger partial charge in [-0.15, -0.1) is 28.2 Å². The predicted molar refractivity (Wildman–Crippen MR) is 195 cm³/mol.